The second-order valence-electron chi connectivity index (χ2n) is 7.96. The summed E-state index contributed by atoms with van der Waals surface area (Å²) in [6, 6.07) is 0. The molecule has 0 saturated heterocycles. The third kappa shape index (κ3) is 4.51. The summed E-state index contributed by atoms with van der Waals surface area (Å²) < 4.78 is 231. The molecule has 4 rings (SSSR count). The molecule has 0 saturated carbocycles. The van der Waals surface area contributed by atoms with E-state index in [0.29, 0.717) is 0 Å². The second-order valence-corrected chi connectivity index (χ2v) is 7.96. The van der Waals surface area contributed by atoms with Crippen LogP contribution >= 0.6 is 0 Å². The average Bonchev–Trinajstić information content (AvgIpc) is 2.98. The highest BCUT2D eigenvalue weighted by Crippen LogP contribution is 2.41. The van der Waals surface area contributed by atoms with Gasteiger partial charge in [0.15, 0.2) is 69.8 Å². The van der Waals surface area contributed by atoms with E-state index in [9.17, 15) is 79.8 Å². The zero-order valence-corrected chi connectivity index (χ0v) is 19.7. The molecule has 0 N–H and O–H groups in total. The average molecular weight is 656 g/mol. The van der Waals surface area contributed by atoms with E-state index in [2.05, 4.69) is 9.47 Å². The molecule has 0 atom stereocenters. The maximum absolute atomic E-state index is 14.9. The summed E-state index contributed by atoms with van der Waals surface area (Å²) in [6.45, 7) is 0. The third-order valence-electron chi connectivity index (χ3n) is 5.53. The molecule has 0 aliphatic heterocycles. The molecule has 44 heavy (non-hydrogen) atoms. The molecular weight excluding hydrogens is 656 g/mol. The largest absolute Gasteiger partial charge is 0.416 e. The zero-order chi connectivity index (χ0) is 33.3. The summed E-state index contributed by atoms with van der Waals surface area (Å²) in [5.41, 5.74) is -5.04. The first-order valence-electron chi connectivity index (χ1n) is 10.5. The van der Waals surface area contributed by atoms with Gasteiger partial charge >= 0.3 is 11.9 Å². The van der Waals surface area contributed by atoms with Crippen molar-refractivity contribution in [1.82, 2.24) is 0 Å². The van der Waals surface area contributed by atoms with Gasteiger partial charge in [0, 0.05) is 0 Å². The maximum atomic E-state index is 14.9. The Bertz CT molecular complexity index is 1780. The molecule has 0 aliphatic rings. The Hall–Kier alpha value is -5.04. The van der Waals surface area contributed by atoms with E-state index in [1.54, 1.807) is 0 Å². The molecule has 0 radical (unpaired) electrons. The minimum Gasteiger partial charge on any atom is -0.416 e. The van der Waals surface area contributed by atoms with Crippen LogP contribution in [-0.2, 0) is 0 Å². The van der Waals surface area contributed by atoms with E-state index in [1.165, 1.54) is 0 Å². The van der Waals surface area contributed by atoms with Crippen molar-refractivity contribution >= 4 is 22.7 Å². The third-order valence-corrected chi connectivity index (χ3v) is 5.53. The highest BCUT2D eigenvalue weighted by atomic mass is 19.2. The Morgan fingerprint density at radius 2 is 0.523 bits per heavy atom. The van der Waals surface area contributed by atoms with Gasteiger partial charge in [-0.2, -0.15) is 8.78 Å². The van der Waals surface area contributed by atoms with Crippen LogP contribution in [0.4, 0.5) is 70.2 Å². The molecule has 20 heteroatoms. The van der Waals surface area contributed by atoms with Crippen LogP contribution in [0.3, 0.4) is 0 Å². The van der Waals surface area contributed by atoms with Gasteiger partial charge in [-0.05, 0) is 0 Å². The van der Waals surface area contributed by atoms with Crippen LogP contribution in [0.1, 0.15) is 20.7 Å². The topological polar surface area (TPSA) is 52.6 Å². The molecule has 4 aromatic carbocycles. The minimum atomic E-state index is -2.94. The van der Waals surface area contributed by atoms with Gasteiger partial charge in [-0.1, -0.05) is 0 Å². The Labute approximate surface area is 228 Å². The van der Waals surface area contributed by atoms with Gasteiger partial charge in [0.05, 0.1) is 10.8 Å². The molecule has 0 unspecified atom stereocenters. The number of hydrogen-bond acceptors (Lipinski definition) is 4. The maximum Gasteiger partial charge on any atom is 0.349 e. The SMILES string of the molecule is O=C(Oc1c(F)c(F)c2c(F)c(OC(=O)c3c(F)c(F)c(F)c(F)c3F)c(F)c(F)c2c1F)c1c(F)c(F)c(F)c(F)c1F. The van der Waals surface area contributed by atoms with Crippen LogP contribution in [0, 0.1) is 93.1 Å². The van der Waals surface area contributed by atoms with Gasteiger partial charge in [-0.25, -0.2) is 71.1 Å². The zero-order valence-electron chi connectivity index (χ0n) is 19.7. The first-order chi connectivity index (χ1) is 20.4. The fourth-order valence-electron chi connectivity index (χ4n) is 3.51. The van der Waals surface area contributed by atoms with Crippen molar-refractivity contribution < 1.29 is 89.3 Å². The van der Waals surface area contributed by atoms with Crippen LogP contribution in [0.25, 0.3) is 10.8 Å². The standard InChI is InChI=1S/C24F16O4/c25-5-1-2(12(32)22(19(5)39)44-24(42)4-9(29)15(35)18(38)16(36)10(4)30)6(26)20(40)21(11(1)31)43-23(41)3-7(27)13(33)17(37)14(34)8(3)28. The van der Waals surface area contributed by atoms with E-state index in [-0.39, 0.29) is 0 Å². The fraction of sp³-hybridized carbons (Fsp3) is 0. The normalized spacial score (nSPS) is 11.4. The number of hydrogen-bond donors (Lipinski definition) is 0. The Morgan fingerprint density at radius 3 is 0.773 bits per heavy atom. The van der Waals surface area contributed by atoms with Crippen molar-refractivity contribution in [2.75, 3.05) is 0 Å². The molecule has 232 valence electrons. The highest BCUT2D eigenvalue weighted by Gasteiger charge is 2.37. The summed E-state index contributed by atoms with van der Waals surface area (Å²) in [6.07, 6.45) is 0. The molecule has 0 fully saturated rings. The van der Waals surface area contributed by atoms with Crippen molar-refractivity contribution in [2.24, 2.45) is 0 Å². The Morgan fingerprint density at radius 1 is 0.295 bits per heavy atom. The van der Waals surface area contributed by atoms with Gasteiger partial charge in [-0.15, -0.1) is 0 Å². The van der Waals surface area contributed by atoms with E-state index >= 15 is 0 Å². The molecule has 0 spiro atoms. The monoisotopic (exact) mass is 656 g/mol. The molecule has 0 amide bonds. The number of benzene rings is 4. The van der Waals surface area contributed by atoms with Crippen molar-refractivity contribution in [3.63, 3.8) is 0 Å². The lowest BCUT2D eigenvalue weighted by Crippen LogP contribution is -2.20. The summed E-state index contributed by atoms with van der Waals surface area (Å²) in [7, 11) is 0. The summed E-state index contributed by atoms with van der Waals surface area (Å²) in [5, 5.41) is -4.76. The Kier molecular flexibility index (Phi) is 7.90. The lowest BCUT2D eigenvalue weighted by Gasteiger charge is -2.15. The van der Waals surface area contributed by atoms with Crippen molar-refractivity contribution in [3.05, 3.63) is 104 Å². The van der Waals surface area contributed by atoms with Crippen LogP contribution < -0.4 is 9.47 Å². The number of fused-ring (bicyclic) bond motifs is 1. The van der Waals surface area contributed by atoms with Gasteiger partial charge in [0.25, 0.3) is 0 Å². The number of esters is 2. The van der Waals surface area contributed by atoms with E-state index in [0.717, 1.165) is 0 Å². The lowest BCUT2D eigenvalue weighted by molar-refractivity contribution is 0.0694. The smallest absolute Gasteiger partial charge is 0.349 e. The highest BCUT2D eigenvalue weighted by molar-refractivity contribution is 5.95. The Balaban J connectivity index is 1.88. The minimum absolute atomic E-state index is 2.38. The van der Waals surface area contributed by atoms with Gasteiger partial charge in [0.1, 0.15) is 11.1 Å². The van der Waals surface area contributed by atoms with Crippen LogP contribution in [0.15, 0.2) is 0 Å². The molecule has 4 aromatic rings. The molecule has 0 heterocycles. The summed E-state index contributed by atoms with van der Waals surface area (Å²) in [5.74, 6) is -56.6. The first kappa shape index (κ1) is 31.9. The predicted octanol–water partition coefficient (Wildman–Crippen LogP) is 7.50. The van der Waals surface area contributed by atoms with Crippen LogP contribution in [0.2, 0.25) is 0 Å². The van der Waals surface area contributed by atoms with Crippen molar-refractivity contribution in [3.8, 4) is 11.5 Å². The quantitative estimate of drug-likeness (QED) is 0.0751. The van der Waals surface area contributed by atoms with Crippen LogP contribution in [0.5, 0.6) is 11.5 Å². The summed E-state index contributed by atoms with van der Waals surface area (Å²) >= 11 is 0. The van der Waals surface area contributed by atoms with E-state index < -0.39 is 138 Å². The van der Waals surface area contributed by atoms with Gasteiger partial charge in [-0.3, -0.25) is 0 Å². The van der Waals surface area contributed by atoms with Gasteiger partial charge < -0.3 is 9.47 Å². The number of carbonyl (C=O) groups excluding carboxylic acids is 2. The fourth-order valence-corrected chi connectivity index (χ4v) is 3.51. The number of ether oxygens (including phenoxy) is 2. The summed E-state index contributed by atoms with van der Waals surface area (Å²) in [4.78, 5) is 24.0. The molecular formula is C24F16O4. The number of carbonyl (C=O) groups is 2. The van der Waals surface area contributed by atoms with Gasteiger partial charge in [0.2, 0.25) is 34.8 Å². The van der Waals surface area contributed by atoms with E-state index in [4.69, 9.17) is 0 Å². The number of halogens is 16. The molecule has 0 bridgehead atoms. The lowest BCUT2D eigenvalue weighted by atomic mass is 10.1. The second kappa shape index (κ2) is 10.9. The molecule has 4 nitrogen and oxygen atoms in total. The molecule has 0 aromatic heterocycles. The van der Waals surface area contributed by atoms with Crippen LogP contribution in [-0.4, -0.2) is 11.9 Å². The van der Waals surface area contributed by atoms with Crippen molar-refractivity contribution in [1.29, 1.82) is 0 Å². The predicted molar refractivity (Wildman–Crippen MR) is 106 cm³/mol. The van der Waals surface area contributed by atoms with E-state index in [1.807, 2.05) is 0 Å². The first-order valence-corrected chi connectivity index (χ1v) is 10.5. The van der Waals surface area contributed by atoms with Crippen molar-refractivity contribution in [2.45, 2.75) is 0 Å². The molecule has 0 aliphatic carbocycles. The number of rotatable bonds is 4.